The molecular weight excluding hydrogens is 214 g/mol. The molecule has 0 aromatic heterocycles. The molecule has 3 atom stereocenters. The Labute approximate surface area is 100 Å². The molecule has 17 heavy (non-hydrogen) atoms. The van der Waals surface area contributed by atoms with Gasteiger partial charge in [0, 0.05) is 5.92 Å². The normalized spacial score (nSPS) is 27.9. The van der Waals surface area contributed by atoms with Gasteiger partial charge in [0.15, 0.2) is 0 Å². The monoisotopic (exact) mass is 227 g/mol. The Balaban J connectivity index is 1.83. The lowest BCUT2D eigenvalue weighted by Gasteiger charge is -2.07. The van der Waals surface area contributed by atoms with Crippen molar-refractivity contribution in [2.45, 2.75) is 19.3 Å². The van der Waals surface area contributed by atoms with Gasteiger partial charge in [-0.05, 0) is 42.5 Å². The molecule has 0 saturated heterocycles. The van der Waals surface area contributed by atoms with E-state index in [0.717, 1.165) is 6.42 Å². The van der Waals surface area contributed by atoms with E-state index in [1.807, 2.05) is 25.1 Å². The fourth-order valence-electron chi connectivity index (χ4n) is 3.04. The standard InChI is InChI=1S/C14H13NO2/c1-2-17-14(16)13-11-6-9-5-8(7-15)3-4-10(9)12(11)13/h3-5,11-13H,2,6H2,1H3/t11-,12+,13-/m1/s1. The molecule has 0 unspecified atom stereocenters. The summed E-state index contributed by atoms with van der Waals surface area (Å²) in [5.74, 6) is 0.766. The molecule has 1 fully saturated rings. The first kappa shape index (κ1) is 10.3. The Bertz CT molecular complexity index is 530. The van der Waals surface area contributed by atoms with Crippen molar-refractivity contribution in [3.8, 4) is 6.07 Å². The molecule has 0 heterocycles. The first-order valence-corrected chi connectivity index (χ1v) is 5.95. The number of hydrogen-bond donors (Lipinski definition) is 0. The minimum absolute atomic E-state index is 0.0579. The Kier molecular flexibility index (Phi) is 2.19. The maximum atomic E-state index is 11.7. The largest absolute Gasteiger partial charge is 0.466 e. The maximum Gasteiger partial charge on any atom is 0.309 e. The van der Waals surface area contributed by atoms with Gasteiger partial charge in [-0.15, -0.1) is 0 Å². The van der Waals surface area contributed by atoms with E-state index in [2.05, 4.69) is 6.07 Å². The summed E-state index contributed by atoms with van der Waals surface area (Å²) >= 11 is 0. The van der Waals surface area contributed by atoms with E-state index < -0.39 is 0 Å². The van der Waals surface area contributed by atoms with E-state index in [4.69, 9.17) is 10.00 Å². The van der Waals surface area contributed by atoms with Crippen molar-refractivity contribution >= 4 is 5.97 Å². The minimum Gasteiger partial charge on any atom is -0.466 e. The lowest BCUT2D eigenvalue weighted by Crippen LogP contribution is -2.10. The minimum atomic E-state index is -0.0579. The molecule has 3 nitrogen and oxygen atoms in total. The predicted octanol–water partition coefficient (Wildman–Crippen LogP) is 2.01. The third kappa shape index (κ3) is 1.44. The highest BCUT2D eigenvalue weighted by atomic mass is 16.5. The number of carbonyl (C=O) groups excluding carboxylic acids is 1. The van der Waals surface area contributed by atoms with Crippen molar-refractivity contribution in [2.24, 2.45) is 11.8 Å². The highest BCUT2D eigenvalue weighted by Gasteiger charge is 2.60. The van der Waals surface area contributed by atoms with Crippen LogP contribution >= 0.6 is 0 Å². The predicted molar refractivity (Wildman–Crippen MR) is 61.2 cm³/mol. The summed E-state index contributed by atoms with van der Waals surface area (Å²) in [6, 6.07) is 7.93. The van der Waals surface area contributed by atoms with Gasteiger partial charge in [0.25, 0.3) is 0 Å². The summed E-state index contributed by atoms with van der Waals surface area (Å²) in [5.41, 5.74) is 3.18. The van der Waals surface area contributed by atoms with Gasteiger partial charge in [0.2, 0.25) is 0 Å². The Morgan fingerprint density at radius 3 is 3.12 bits per heavy atom. The summed E-state index contributed by atoms with van der Waals surface area (Å²) in [4.78, 5) is 11.7. The lowest BCUT2D eigenvalue weighted by atomic mass is 10.00. The first-order chi connectivity index (χ1) is 8.26. The van der Waals surface area contributed by atoms with E-state index >= 15 is 0 Å². The van der Waals surface area contributed by atoms with E-state index in [-0.39, 0.29) is 11.9 Å². The second-order valence-corrected chi connectivity index (χ2v) is 4.70. The van der Waals surface area contributed by atoms with Crippen LogP contribution in [0.1, 0.15) is 29.5 Å². The van der Waals surface area contributed by atoms with Gasteiger partial charge in [0.05, 0.1) is 24.2 Å². The van der Waals surface area contributed by atoms with Crippen molar-refractivity contribution in [3.63, 3.8) is 0 Å². The van der Waals surface area contributed by atoms with Crippen molar-refractivity contribution in [1.29, 1.82) is 5.26 Å². The summed E-state index contributed by atoms with van der Waals surface area (Å²) in [7, 11) is 0. The van der Waals surface area contributed by atoms with Crippen LogP contribution in [0.25, 0.3) is 0 Å². The quantitative estimate of drug-likeness (QED) is 0.726. The van der Waals surface area contributed by atoms with Gasteiger partial charge in [-0.25, -0.2) is 0 Å². The molecule has 0 bridgehead atoms. The van der Waals surface area contributed by atoms with E-state index in [0.29, 0.717) is 24.0 Å². The number of benzene rings is 1. The van der Waals surface area contributed by atoms with Crippen LogP contribution in [0.3, 0.4) is 0 Å². The third-order valence-corrected chi connectivity index (χ3v) is 3.81. The average Bonchev–Trinajstić information content (AvgIpc) is 2.92. The lowest BCUT2D eigenvalue weighted by molar-refractivity contribution is -0.145. The molecule has 0 amide bonds. The zero-order chi connectivity index (χ0) is 12.0. The number of carbonyl (C=O) groups is 1. The fourth-order valence-corrected chi connectivity index (χ4v) is 3.04. The van der Waals surface area contributed by atoms with Gasteiger partial charge >= 0.3 is 5.97 Å². The number of esters is 1. The van der Waals surface area contributed by atoms with Gasteiger partial charge in [-0.3, -0.25) is 4.79 Å². The van der Waals surface area contributed by atoms with Crippen LogP contribution in [0.2, 0.25) is 0 Å². The second kappa shape index (κ2) is 3.59. The smallest absolute Gasteiger partial charge is 0.309 e. The van der Waals surface area contributed by atoms with Crippen molar-refractivity contribution < 1.29 is 9.53 Å². The zero-order valence-corrected chi connectivity index (χ0v) is 9.64. The van der Waals surface area contributed by atoms with Crippen LogP contribution in [0.5, 0.6) is 0 Å². The highest BCUT2D eigenvalue weighted by molar-refractivity contribution is 5.79. The van der Waals surface area contributed by atoms with Crippen molar-refractivity contribution in [1.82, 2.24) is 0 Å². The zero-order valence-electron chi connectivity index (χ0n) is 9.64. The molecule has 1 aromatic rings. The number of fused-ring (bicyclic) bond motifs is 3. The van der Waals surface area contributed by atoms with Gasteiger partial charge < -0.3 is 4.74 Å². The summed E-state index contributed by atoms with van der Waals surface area (Å²) < 4.78 is 5.07. The molecule has 0 aliphatic heterocycles. The number of nitriles is 1. The number of nitrogens with zero attached hydrogens (tertiary/aromatic N) is 1. The topological polar surface area (TPSA) is 50.1 Å². The number of hydrogen-bond acceptors (Lipinski definition) is 3. The summed E-state index contributed by atoms with van der Waals surface area (Å²) in [6.45, 7) is 2.29. The SMILES string of the molecule is CCOC(=O)[C@@H]1[C@@H]2Cc3cc(C#N)ccc3[C@@H]21. The molecule has 1 saturated carbocycles. The Morgan fingerprint density at radius 2 is 2.41 bits per heavy atom. The van der Waals surface area contributed by atoms with E-state index in [1.54, 1.807) is 0 Å². The molecular formula is C14H13NO2. The van der Waals surface area contributed by atoms with Crippen molar-refractivity contribution in [2.75, 3.05) is 6.61 Å². The van der Waals surface area contributed by atoms with Crippen LogP contribution in [-0.4, -0.2) is 12.6 Å². The molecule has 0 N–H and O–H groups in total. The summed E-state index contributed by atoms with van der Waals surface area (Å²) in [6.07, 6.45) is 0.916. The molecule has 86 valence electrons. The van der Waals surface area contributed by atoms with Crippen molar-refractivity contribution in [3.05, 3.63) is 34.9 Å². The van der Waals surface area contributed by atoms with Crippen LogP contribution in [0.15, 0.2) is 18.2 Å². The van der Waals surface area contributed by atoms with Crippen LogP contribution in [0, 0.1) is 23.2 Å². The molecule has 3 rings (SSSR count). The molecule has 2 aliphatic carbocycles. The summed E-state index contributed by atoms with van der Waals surface area (Å²) in [5, 5.41) is 8.83. The highest BCUT2D eigenvalue weighted by Crippen LogP contribution is 2.61. The molecule has 3 heteroatoms. The van der Waals surface area contributed by atoms with Gasteiger partial charge in [-0.1, -0.05) is 6.07 Å². The number of ether oxygens (including phenoxy) is 1. The molecule has 2 aliphatic rings. The van der Waals surface area contributed by atoms with E-state index in [1.165, 1.54) is 11.1 Å². The van der Waals surface area contributed by atoms with E-state index in [9.17, 15) is 4.79 Å². The van der Waals surface area contributed by atoms with Crippen LogP contribution in [0.4, 0.5) is 0 Å². The van der Waals surface area contributed by atoms with Gasteiger partial charge in [0.1, 0.15) is 0 Å². The number of rotatable bonds is 2. The average molecular weight is 227 g/mol. The Morgan fingerprint density at radius 1 is 1.59 bits per heavy atom. The van der Waals surface area contributed by atoms with Crippen LogP contribution < -0.4 is 0 Å². The molecule has 0 spiro atoms. The fraction of sp³-hybridized carbons (Fsp3) is 0.429. The van der Waals surface area contributed by atoms with Crippen LogP contribution in [-0.2, 0) is 16.0 Å². The second-order valence-electron chi connectivity index (χ2n) is 4.70. The molecule has 0 radical (unpaired) electrons. The maximum absolute atomic E-state index is 11.7. The first-order valence-electron chi connectivity index (χ1n) is 5.95. The molecule has 1 aromatic carbocycles. The Hall–Kier alpha value is -1.82. The third-order valence-electron chi connectivity index (χ3n) is 3.81. The van der Waals surface area contributed by atoms with Gasteiger partial charge in [-0.2, -0.15) is 5.26 Å².